The molecule has 1 unspecified atom stereocenters. The largest absolute Gasteiger partial charge is 0.352 e. The average Bonchev–Trinajstić information content (AvgIpc) is 2.30. The summed E-state index contributed by atoms with van der Waals surface area (Å²) in [6, 6.07) is 4.58. The van der Waals surface area contributed by atoms with Crippen molar-refractivity contribution in [3.63, 3.8) is 0 Å². The normalized spacial score (nSPS) is 21.7. The molecular formula is C12H19N3. The first-order valence-electron chi connectivity index (χ1n) is 5.71. The number of rotatable bonds is 2. The zero-order valence-corrected chi connectivity index (χ0v) is 9.32. The molecule has 3 heteroatoms. The van der Waals surface area contributed by atoms with Gasteiger partial charge in [-0.15, -0.1) is 0 Å². The van der Waals surface area contributed by atoms with Crippen molar-refractivity contribution < 1.29 is 0 Å². The van der Waals surface area contributed by atoms with Crippen LogP contribution in [-0.4, -0.2) is 24.1 Å². The standard InChI is InChI=1S/C12H19N3/c1-10-5-4-7-14-12(10)15-8-3-2-6-11(15)9-13/h4-5,7,11H,2-3,6,8-9,13H2,1H3. The lowest BCUT2D eigenvalue weighted by Crippen LogP contribution is -2.44. The Morgan fingerprint density at radius 3 is 3.13 bits per heavy atom. The number of aromatic nitrogens is 1. The SMILES string of the molecule is Cc1cccnc1N1CCCCC1CN. The Hall–Kier alpha value is -1.09. The van der Waals surface area contributed by atoms with Crippen LogP contribution in [0.5, 0.6) is 0 Å². The maximum absolute atomic E-state index is 5.81. The van der Waals surface area contributed by atoms with Gasteiger partial charge in [0.2, 0.25) is 0 Å². The summed E-state index contributed by atoms with van der Waals surface area (Å²) in [5.74, 6) is 1.12. The first kappa shape index (κ1) is 10.4. The number of nitrogens with zero attached hydrogens (tertiary/aromatic N) is 2. The Morgan fingerprint density at radius 1 is 1.53 bits per heavy atom. The van der Waals surface area contributed by atoms with Crippen LogP contribution in [0.25, 0.3) is 0 Å². The minimum Gasteiger partial charge on any atom is -0.352 e. The number of pyridine rings is 1. The molecule has 1 atom stereocenters. The van der Waals surface area contributed by atoms with E-state index in [0.717, 1.165) is 18.9 Å². The highest BCUT2D eigenvalue weighted by Gasteiger charge is 2.22. The molecule has 1 aliphatic heterocycles. The first-order valence-corrected chi connectivity index (χ1v) is 5.71. The second-order valence-corrected chi connectivity index (χ2v) is 4.22. The molecule has 0 saturated carbocycles. The van der Waals surface area contributed by atoms with Crippen LogP contribution in [0, 0.1) is 6.92 Å². The predicted octanol–water partition coefficient (Wildman–Crippen LogP) is 1.71. The Balaban J connectivity index is 2.24. The molecule has 0 bridgehead atoms. The minimum atomic E-state index is 0.479. The fourth-order valence-corrected chi connectivity index (χ4v) is 2.30. The lowest BCUT2D eigenvalue weighted by Gasteiger charge is -2.36. The van der Waals surface area contributed by atoms with E-state index < -0.39 is 0 Å². The molecule has 2 heterocycles. The molecule has 1 saturated heterocycles. The molecule has 15 heavy (non-hydrogen) atoms. The Kier molecular flexibility index (Phi) is 3.21. The van der Waals surface area contributed by atoms with E-state index in [0.29, 0.717) is 6.04 Å². The summed E-state index contributed by atoms with van der Waals surface area (Å²) in [5.41, 5.74) is 7.06. The van der Waals surface area contributed by atoms with E-state index in [9.17, 15) is 0 Å². The number of piperidine rings is 1. The average molecular weight is 205 g/mol. The smallest absolute Gasteiger partial charge is 0.131 e. The first-order chi connectivity index (χ1) is 7.33. The van der Waals surface area contributed by atoms with E-state index in [2.05, 4.69) is 22.9 Å². The molecule has 0 aromatic carbocycles. The van der Waals surface area contributed by atoms with Crippen LogP contribution in [0.1, 0.15) is 24.8 Å². The van der Waals surface area contributed by atoms with Crippen molar-refractivity contribution in [3.8, 4) is 0 Å². The summed E-state index contributed by atoms with van der Waals surface area (Å²) in [6.45, 7) is 3.94. The van der Waals surface area contributed by atoms with Gasteiger partial charge in [-0.25, -0.2) is 4.98 Å². The summed E-state index contributed by atoms with van der Waals surface area (Å²) in [4.78, 5) is 6.84. The molecule has 0 radical (unpaired) electrons. The molecule has 82 valence electrons. The molecule has 3 nitrogen and oxygen atoms in total. The van der Waals surface area contributed by atoms with Crippen LogP contribution in [-0.2, 0) is 0 Å². The summed E-state index contributed by atoms with van der Waals surface area (Å²) in [7, 11) is 0. The molecule has 1 aliphatic rings. The topological polar surface area (TPSA) is 42.2 Å². The van der Waals surface area contributed by atoms with Gasteiger partial charge in [0, 0.05) is 25.3 Å². The Morgan fingerprint density at radius 2 is 2.40 bits per heavy atom. The number of hydrogen-bond donors (Lipinski definition) is 1. The van der Waals surface area contributed by atoms with E-state index in [-0.39, 0.29) is 0 Å². The fourth-order valence-electron chi connectivity index (χ4n) is 2.30. The van der Waals surface area contributed by atoms with Crippen molar-refractivity contribution in [2.75, 3.05) is 18.0 Å². The van der Waals surface area contributed by atoms with Crippen molar-refractivity contribution >= 4 is 5.82 Å². The number of aryl methyl sites for hydroxylation is 1. The van der Waals surface area contributed by atoms with Crippen LogP contribution >= 0.6 is 0 Å². The van der Waals surface area contributed by atoms with Crippen molar-refractivity contribution in [1.82, 2.24) is 4.98 Å². The highest BCUT2D eigenvalue weighted by atomic mass is 15.2. The lowest BCUT2D eigenvalue weighted by molar-refractivity contribution is 0.461. The van der Waals surface area contributed by atoms with Gasteiger partial charge in [0.1, 0.15) is 5.82 Å². The molecule has 2 rings (SSSR count). The van der Waals surface area contributed by atoms with Crippen LogP contribution in [0.15, 0.2) is 18.3 Å². The van der Waals surface area contributed by atoms with Gasteiger partial charge in [-0.3, -0.25) is 0 Å². The van der Waals surface area contributed by atoms with Gasteiger partial charge in [-0.1, -0.05) is 6.07 Å². The minimum absolute atomic E-state index is 0.479. The summed E-state index contributed by atoms with van der Waals surface area (Å²) < 4.78 is 0. The van der Waals surface area contributed by atoms with Gasteiger partial charge in [0.15, 0.2) is 0 Å². The maximum Gasteiger partial charge on any atom is 0.131 e. The maximum atomic E-state index is 5.81. The zero-order chi connectivity index (χ0) is 10.7. The molecule has 0 aliphatic carbocycles. The van der Waals surface area contributed by atoms with E-state index in [1.807, 2.05) is 12.3 Å². The Labute approximate surface area is 91.3 Å². The monoisotopic (exact) mass is 205 g/mol. The Bertz CT molecular complexity index is 324. The van der Waals surface area contributed by atoms with E-state index in [1.54, 1.807) is 0 Å². The third-order valence-corrected chi connectivity index (χ3v) is 3.15. The second-order valence-electron chi connectivity index (χ2n) is 4.22. The molecule has 1 fully saturated rings. The molecule has 0 amide bonds. The highest BCUT2D eigenvalue weighted by molar-refractivity contribution is 5.47. The fraction of sp³-hybridized carbons (Fsp3) is 0.583. The number of nitrogens with two attached hydrogens (primary N) is 1. The molecule has 1 aromatic rings. The summed E-state index contributed by atoms with van der Waals surface area (Å²) in [5, 5.41) is 0. The lowest BCUT2D eigenvalue weighted by atomic mass is 10.0. The third-order valence-electron chi connectivity index (χ3n) is 3.15. The number of hydrogen-bond acceptors (Lipinski definition) is 3. The van der Waals surface area contributed by atoms with Crippen molar-refractivity contribution in [2.45, 2.75) is 32.2 Å². The van der Waals surface area contributed by atoms with E-state index in [4.69, 9.17) is 5.73 Å². The third kappa shape index (κ3) is 2.12. The summed E-state index contributed by atoms with van der Waals surface area (Å²) in [6.07, 6.45) is 5.62. The van der Waals surface area contributed by atoms with Gasteiger partial charge in [0.25, 0.3) is 0 Å². The molecule has 1 aromatic heterocycles. The van der Waals surface area contributed by atoms with E-state index >= 15 is 0 Å². The van der Waals surface area contributed by atoms with Gasteiger partial charge in [-0.05, 0) is 37.8 Å². The van der Waals surface area contributed by atoms with Crippen molar-refractivity contribution in [2.24, 2.45) is 5.73 Å². The van der Waals surface area contributed by atoms with Gasteiger partial charge in [-0.2, -0.15) is 0 Å². The van der Waals surface area contributed by atoms with Crippen LogP contribution < -0.4 is 10.6 Å². The molecule has 0 spiro atoms. The van der Waals surface area contributed by atoms with Gasteiger partial charge in [0.05, 0.1) is 0 Å². The van der Waals surface area contributed by atoms with Gasteiger partial charge < -0.3 is 10.6 Å². The van der Waals surface area contributed by atoms with Crippen LogP contribution in [0.2, 0.25) is 0 Å². The summed E-state index contributed by atoms with van der Waals surface area (Å²) >= 11 is 0. The zero-order valence-electron chi connectivity index (χ0n) is 9.32. The van der Waals surface area contributed by atoms with Crippen molar-refractivity contribution in [1.29, 1.82) is 0 Å². The predicted molar refractivity (Wildman–Crippen MR) is 63.0 cm³/mol. The highest BCUT2D eigenvalue weighted by Crippen LogP contribution is 2.24. The van der Waals surface area contributed by atoms with Crippen LogP contribution in [0.3, 0.4) is 0 Å². The second kappa shape index (κ2) is 4.62. The quantitative estimate of drug-likeness (QED) is 0.799. The van der Waals surface area contributed by atoms with Crippen molar-refractivity contribution in [3.05, 3.63) is 23.9 Å². The van der Waals surface area contributed by atoms with Gasteiger partial charge >= 0.3 is 0 Å². The van der Waals surface area contributed by atoms with E-state index in [1.165, 1.54) is 24.8 Å². The number of anilines is 1. The molecular weight excluding hydrogens is 186 g/mol. The van der Waals surface area contributed by atoms with Crippen LogP contribution in [0.4, 0.5) is 5.82 Å². The molecule has 2 N–H and O–H groups in total.